The summed E-state index contributed by atoms with van der Waals surface area (Å²) in [7, 11) is 0. The SMILES string of the molecule is CCC[C@H](NC(=O)Cc1cc(F)cc(F)c1)C(=O)Nc1cn(Cc2ccccc2F)cn1. The molecule has 0 radical (unpaired) electrons. The van der Waals surface area contributed by atoms with Crippen molar-refractivity contribution in [3.05, 3.63) is 83.6 Å². The summed E-state index contributed by atoms with van der Waals surface area (Å²) in [4.78, 5) is 29.1. The Morgan fingerprint density at radius 2 is 1.81 bits per heavy atom. The van der Waals surface area contributed by atoms with Crippen molar-refractivity contribution in [3.63, 3.8) is 0 Å². The minimum atomic E-state index is -0.845. The molecular weight excluding hydrogens is 421 g/mol. The van der Waals surface area contributed by atoms with Gasteiger partial charge in [-0.25, -0.2) is 18.2 Å². The maximum absolute atomic E-state index is 13.8. The fourth-order valence-corrected chi connectivity index (χ4v) is 3.25. The van der Waals surface area contributed by atoms with E-state index in [0.29, 0.717) is 18.4 Å². The average Bonchev–Trinajstić information content (AvgIpc) is 3.15. The highest BCUT2D eigenvalue weighted by Gasteiger charge is 2.21. The first-order chi connectivity index (χ1) is 15.3. The zero-order valence-electron chi connectivity index (χ0n) is 17.4. The maximum atomic E-state index is 13.8. The first-order valence-corrected chi connectivity index (χ1v) is 10.1. The fourth-order valence-electron chi connectivity index (χ4n) is 3.25. The van der Waals surface area contributed by atoms with Gasteiger partial charge in [-0.05, 0) is 30.2 Å². The number of nitrogens with one attached hydrogen (secondary N) is 2. The zero-order valence-corrected chi connectivity index (χ0v) is 17.4. The monoisotopic (exact) mass is 444 g/mol. The maximum Gasteiger partial charge on any atom is 0.248 e. The Morgan fingerprint density at radius 3 is 2.50 bits per heavy atom. The molecule has 1 atom stereocenters. The average molecular weight is 444 g/mol. The third-order valence-corrected chi connectivity index (χ3v) is 4.71. The number of carbonyl (C=O) groups excluding carboxylic acids is 2. The van der Waals surface area contributed by atoms with E-state index >= 15 is 0 Å². The van der Waals surface area contributed by atoms with Crippen LogP contribution in [0, 0.1) is 17.5 Å². The van der Waals surface area contributed by atoms with Crippen LogP contribution < -0.4 is 10.6 Å². The van der Waals surface area contributed by atoms with Crippen LogP contribution in [0.3, 0.4) is 0 Å². The summed E-state index contributed by atoms with van der Waals surface area (Å²) in [5, 5.41) is 5.24. The van der Waals surface area contributed by atoms with Crippen LogP contribution in [0.15, 0.2) is 55.0 Å². The number of hydrogen-bond donors (Lipinski definition) is 2. The summed E-state index contributed by atoms with van der Waals surface area (Å²) in [5.41, 5.74) is 0.648. The molecular formula is C23H23F3N4O2. The zero-order chi connectivity index (χ0) is 23.1. The Bertz CT molecular complexity index is 1080. The Morgan fingerprint density at radius 1 is 1.09 bits per heavy atom. The first-order valence-electron chi connectivity index (χ1n) is 10.1. The van der Waals surface area contributed by atoms with E-state index in [2.05, 4.69) is 15.6 Å². The van der Waals surface area contributed by atoms with Gasteiger partial charge in [-0.1, -0.05) is 31.5 Å². The normalized spacial score (nSPS) is 11.8. The van der Waals surface area contributed by atoms with Crippen LogP contribution in [0.1, 0.15) is 30.9 Å². The lowest BCUT2D eigenvalue weighted by molar-refractivity contribution is -0.126. The molecule has 3 rings (SSSR count). The molecule has 168 valence electrons. The standard InChI is InChI=1S/C23H23F3N4O2/c1-2-5-20(28-22(31)10-15-8-17(24)11-18(25)9-15)23(32)29-21-13-30(14-27-21)12-16-6-3-4-7-19(16)26/h3-4,6-9,11,13-14,20H,2,5,10,12H2,1H3,(H,28,31)(H,29,32)/t20-/m0/s1. The van der Waals surface area contributed by atoms with Gasteiger partial charge in [-0.3, -0.25) is 9.59 Å². The molecule has 9 heteroatoms. The molecule has 0 spiro atoms. The van der Waals surface area contributed by atoms with Gasteiger partial charge in [-0.2, -0.15) is 0 Å². The number of halogens is 3. The van der Waals surface area contributed by atoms with Crippen molar-refractivity contribution in [2.75, 3.05) is 5.32 Å². The van der Waals surface area contributed by atoms with E-state index in [-0.39, 0.29) is 30.2 Å². The van der Waals surface area contributed by atoms with Gasteiger partial charge < -0.3 is 15.2 Å². The molecule has 0 bridgehead atoms. The molecule has 0 aliphatic rings. The summed E-state index contributed by atoms with van der Waals surface area (Å²) >= 11 is 0. The van der Waals surface area contributed by atoms with Crippen molar-refractivity contribution in [1.29, 1.82) is 0 Å². The molecule has 2 aromatic carbocycles. The Balaban J connectivity index is 1.60. The van der Waals surface area contributed by atoms with E-state index in [4.69, 9.17) is 0 Å². The molecule has 0 aliphatic heterocycles. The van der Waals surface area contributed by atoms with Crippen LogP contribution in [-0.2, 0) is 22.6 Å². The second-order valence-electron chi connectivity index (χ2n) is 7.38. The van der Waals surface area contributed by atoms with E-state index < -0.39 is 29.5 Å². The number of rotatable bonds is 9. The summed E-state index contributed by atoms with van der Waals surface area (Å²) in [6, 6.07) is 8.37. The molecule has 0 unspecified atom stereocenters. The summed E-state index contributed by atoms with van der Waals surface area (Å²) < 4.78 is 42.1. The van der Waals surface area contributed by atoms with Crippen molar-refractivity contribution in [2.45, 2.75) is 38.8 Å². The predicted octanol–water partition coefficient (Wildman–Crippen LogP) is 3.81. The number of anilines is 1. The van der Waals surface area contributed by atoms with Crippen LogP contribution in [0.2, 0.25) is 0 Å². The molecule has 6 nitrogen and oxygen atoms in total. The Kier molecular flexibility index (Phi) is 7.64. The van der Waals surface area contributed by atoms with Gasteiger partial charge >= 0.3 is 0 Å². The van der Waals surface area contributed by atoms with Crippen LogP contribution in [0.5, 0.6) is 0 Å². The number of benzene rings is 2. The van der Waals surface area contributed by atoms with Gasteiger partial charge in [0.05, 0.1) is 19.3 Å². The number of amides is 2. The molecule has 0 aliphatic carbocycles. The van der Waals surface area contributed by atoms with Gasteiger partial charge in [0.1, 0.15) is 23.5 Å². The van der Waals surface area contributed by atoms with Gasteiger partial charge in [0, 0.05) is 17.8 Å². The highest BCUT2D eigenvalue weighted by molar-refractivity contribution is 5.96. The molecule has 3 aromatic rings. The lowest BCUT2D eigenvalue weighted by atomic mass is 10.1. The van der Waals surface area contributed by atoms with Gasteiger partial charge in [0.2, 0.25) is 11.8 Å². The summed E-state index contributed by atoms with van der Waals surface area (Å²) in [5.74, 6) is -2.64. The number of nitrogens with zero attached hydrogens (tertiary/aromatic N) is 2. The Hall–Kier alpha value is -3.62. The number of imidazole rings is 1. The summed E-state index contributed by atoms with van der Waals surface area (Å²) in [6.45, 7) is 2.10. The molecule has 0 saturated carbocycles. The molecule has 1 heterocycles. The predicted molar refractivity (Wildman–Crippen MR) is 113 cm³/mol. The third-order valence-electron chi connectivity index (χ3n) is 4.71. The minimum Gasteiger partial charge on any atom is -0.344 e. The van der Waals surface area contributed by atoms with Crippen LogP contribution in [0.4, 0.5) is 19.0 Å². The second-order valence-corrected chi connectivity index (χ2v) is 7.38. The van der Waals surface area contributed by atoms with Gasteiger partial charge in [0.25, 0.3) is 0 Å². The van der Waals surface area contributed by atoms with Crippen molar-refractivity contribution >= 4 is 17.6 Å². The molecule has 32 heavy (non-hydrogen) atoms. The topological polar surface area (TPSA) is 76.0 Å². The number of hydrogen-bond acceptors (Lipinski definition) is 3. The van der Waals surface area contributed by atoms with E-state index in [1.54, 1.807) is 29.0 Å². The van der Waals surface area contributed by atoms with Crippen LogP contribution >= 0.6 is 0 Å². The van der Waals surface area contributed by atoms with E-state index in [1.165, 1.54) is 12.4 Å². The largest absolute Gasteiger partial charge is 0.344 e. The van der Waals surface area contributed by atoms with E-state index in [1.807, 2.05) is 6.92 Å². The van der Waals surface area contributed by atoms with Crippen molar-refractivity contribution in [1.82, 2.24) is 14.9 Å². The molecule has 0 fully saturated rings. The summed E-state index contributed by atoms with van der Waals surface area (Å²) in [6.07, 6.45) is 3.75. The fraction of sp³-hybridized carbons (Fsp3) is 0.261. The Labute approximate surface area is 183 Å². The smallest absolute Gasteiger partial charge is 0.248 e. The van der Waals surface area contributed by atoms with Crippen LogP contribution in [-0.4, -0.2) is 27.4 Å². The molecule has 0 saturated heterocycles. The lowest BCUT2D eigenvalue weighted by Gasteiger charge is -2.17. The quantitative estimate of drug-likeness (QED) is 0.527. The first kappa shape index (κ1) is 23.1. The molecule has 2 amide bonds. The van der Waals surface area contributed by atoms with Crippen LogP contribution in [0.25, 0.3) is 0 Å². The van der Waals surface area contributed by atoms with Crippen molar-refractivity contribution in [3.8, 4) is 0 Å². The van der Waals surface area contributed by atoms with Crippen molar-refractivity contribution in [2.24, 2.45) is 0 Å². The van der Waals surface area contributed by atoms with Gasteiger partial charge in [-0.15, -0.1) is 0 Å². The number of carbonyl (C=O) groups is 2. The molecule has 2 N–H and O–H groups in total. The minimum absolute atomic E-state index is 0.169. The third kappa shape index (κ3) is 6.44. The lowest BCUT2D eigenvalue weighted by Crippen LogP contribution is -2.44. The molecule has 1 aromatic heterocycles. The highest BCUT2D eigenvalue weighted by atomic mass is 19.1. The van der Waals surface area contributed by atoms with E-state index in [0.717, 1.165) is 18.2 Å². The number of aromatic nitrogens is 2. The second kappa shape index (κ2) is 10.6. The van der Waals surface area contributed by atoms with Gasteiger partial charge in [0.15, 0.2) is 5.82 Å². The highest BCUT2D eigenvalue weighted by Crippen LogP contribution is 2.12. The van der Waals surface area contributed by atoms with Crippen molar-refractivity contribution < 1.29 is 22.8 Å². The van der Waals surface area contributed by atoms with E-state index in [9.17, 15) is 22.8 Å².